The summed E-state index contributed by atoms with van der Waals surface area (Å²) in [4.78, 5) is 52.9. The Morgan fingerprint density at radius 3 is 2.08 bits per heavy atom. The summed E-state index contributed by atoms with van der Waals surface area (Å²) in [6, 6.07) is -0.430. The van der Waals surface area contributed by atoms with Crippen molar-refractivity contribution in [3.05, 3.63) is 0 Å². The quantitative estimate of drug-likeness (QED) is 0.0775. The number of aliphatic hydroxyl groups excluding tert-OH is 3. The molecule has 0 spiro atoms. The second-order valence-electron chi connectivity index (χ2n) is 8.11. The third-order valence-corrected chi connectivity index (χ3v) is 5.12. The molecule has 0 bridgehead atoms. The maximum absolute atomic E-state index is 11.6. The third-order valence-electron chi connectivity index (χ3n) is 5.12. The maximum Gasteiger partial charge on any atom is 0.349 e. The van der Waals surface area contributed by atoms with Gasteiger partial charge in [-0.3, -0.25) is 30.3 Å². The summed E-state index contributed by atoms with van der Waals surface area (Å²) >= 11 is 0. The van der Waals surface area contributed by atoms with Crippen LogP contribution in [0.5, 0.6) is 0 Å². The summed E-state index contributed by atoms with van der Waals surface area (Å²) in [6.45, 7) is 7.27. The number of aliphatic carboxylic acids is 1. The molecule has 1 aliphatic rings. The molecule has 7 atom stereocenters. The van der Waals surface area contributed by atoms with E-state index in [1.54, 1.807) is 6.92 Å². The highest BCUT2D eigenvalue weighted by Crippen LogP contribution is 2.20. The number of hydrogen-bond acceptors (Lipinski definition) is 13. The molecule has 0 radical (unpaired) electrons. The number of rotatable bonds is 14. The Morgan fingerprint density at radius 2 is 1.66 bits per heavy atom. The molecule has 1 rings (SSSR count). The highest BCUT2D eigenvalue weighted by molar-refractivity contribution is 6.34. The number of amides is 1. The molecule has 0 aromatic carbocycles. The summed E-state index contributed by atoms with van der Waals surface area (Å²) < 4.78 is 13.7. The van der Waals surface area contributed by atoms with Crippen molar-refractivity contribution in [3.63, 3.8) is 0 Å². The number of ketones is 1. The summed E-state index contributed by atoms with van der Waals surface area (Å²) in [5.74, 6) is -1.33. The van der Waals surface area contributed by atoms with Crippen molar-refractivity contribution in [2.24, 2.45) is 5.73 Å². The number of carbonyl (C=O) groups is 5. The smallest absolute Gasteiger partial charge is 0.349 e. The van der Waals surface area contributed by atoms with Crippen LogP contribution in [-0.4, -0.2) is 99.7 Å². The monoisotopic (exact) mass is 551 g/mol. The van der Waals surface area contributed by atoms with Crippen molar-refractivity contribution in [2.75, 3.05) is 0 Å². The van der Waals surface area contributed by atoms with Crippen LogP contribution in [0, 0.1) is 5.41 Å². The molecule has 15 nitrogen and oxygen atoms in total. The predicted molar refractivity (Wildman–Crippen MR) is 132 cm³/mol. The minimum Gasteiger partial charge on any atom is -0.477 e. The Hall–Kier alpha value is -2.98. The van der Waals surface area contributed by atoms with E-state index in [0.717, 1.165) is 6.42 Å². The van der Waals surface area contributed by atoms with Crippen molar-refractivity contribution in [1.82, 2.24) is 5.32 Å². The van der Waals surface area contributed by atoms with Crippen molar-refractivity contribution in [3.8, 4) is 0 Å². The molecule has 0 saturated carbocycles. The minimum absolute atomic E-state index is 0.0433. The molecule has 1 fully saturated rings. The predicted octanol–water partition coefficient (Wildman–Crippen LogP) is -1.02. The van der Waals surface area contributed by atoms with Crippen molar-refractivity contribution in [1.29, 1.82) is 5.41 Å². The van der Waals surface area contributed by atoms with Gasteiger partial charge in [-0.15, -0.1) is 0 Å². The molecule has 1 saturated heterocycles. The molecule has 1 heterocycles. The van der Waals surface area contributed by atoms with Crippen LogP contribution in [0.1, 0.15) is 66.2 Å². The Morgan fingerprint density at radius 1 is 1.05 bits per heavy atom. The van der Waals surface area contributed by atoms with Crippen LogP contribution in [0.25, 0.3) is 0 Å². The second-order valence-corrected chi connectivity index (χ2v) is 8.11. The van der Waals surface area contributed by atoms with Crippen LogP contribution in [0.15, 0.2) is 0 Å². The van der Waals surface area contributed by atoms with E-state index in [2.05, 4.69) is 14.8 Å². The fourth-order valence-electron chi connectivity index (χ4n) is 2.84. The van der Waals surface area contributed by atoms with Gasteiger partial charge in [0.2, 0.25) is 12.2 Å². The molecule has 0 aromatic rings. The zero-order valence-corrected chi connectivity index (χ0v) is 22.1. The lowest BCUT2D eigenvalue weighted by Crippen LogP contribution is -2.57. The van der Waals surface area contributed by atoms with Crippen LogP contribution >= 0.6 is 0 Å². The number of ether oxygens (including phenoxy) is 3. The molecule has 1 aliphatic heterocycles. The first-order valence-corrected chi connectivity index (χ1v) is 12.1. The number of nitrogens with one attached hydrogen (secondary N) is 2. The first-order chi connectivity index (χ1) is 17.8. The van der Waals surface area contributed by atoms with Gasteiger partial charge >= 0.3 is 5.97 Å². The first kappa shape index (κ1) is 37.2. The van der Waals surface area contributed by atoms with Crippen molar-refractivity contribution in [2.45, 2.75) is 109 Å². The fraction of sp³-hybridized carbons (Fsp3) is 0.739. The van der Waals surface area contributed by atoms with Crippen LogP contribution in [-0.2, 0) is 38.2 Å². The number of carboxylic acids is 1. The van der Waals surface area contributed by atoms with Gasteiger partial charge in [-0.05, 0) is 26.2 Å². The lowest BCUT2D eigenvalue weighted by molar-refractivity contribution is -0.280. The van der Waals surface area contributed by atoms with Gasteiger partial charge in [-0.1, -0.05) is 20.8 Å². The number of aliphatic hydroxyl groups is 3. The molecular formula is C23H41N3O12. The Balaban J connectivity index is 0. The number of nitrogens with two attached hydrogens (primary N) is 1. The zero-order valence-electron chi connectivity index (χ0n) is 22.1. The highest BCUT2D eigenvalue weighted by Gasteiger charge is 2.42. The molecule has 2 unspecified atom stereocenters. The summed E-state index contributed by atoms with van der Waals surface area (Å²) in [5.41, 5.74) is 5.17. The third kappa shape index (κ3) is 15.3. The number of carbonyl (C=O) groups excluding carboxylic acids is 4. The lowest BCUT2D eigenvalue weighted by atomic mass is 10.0. The van der Waals surface area contributed by atoms with E-state index in [-0.39, 0.29) is 43.2 Å². The topological polar surface area (TPSA) is 256 Å². The zero-order chi connectivity index (χ0) is 29.8. The number of Topliss-reactive ketones (excluding diaryl/α,β-unsaturated/α-hetero) is 1. The average Bonchev–Trinajstić information content (AvgIpc) is 2.88. The first-order valence-electron chi connectivity index (χ1n) is 12.1. The van der Waals surface area contributed by atoms with Crippen LogP contribution in [0.3, 0.4) is 0 Å². The molecule has 15 heteroatoms. The van der Waals surface area contributed by atoms with Gasteiger partial charge in [0, 0.05) is 19.3 Å². The van der Waals surface area contributed by atoms with Gasteiger partial charge in [-0.2, -0.15) is 0 Å². The van der Waals surface area contributed by atoms with Gasteiger partial charge in [-0.25, -0.2) is 4.79 Å². The van der Waals surface area contributed by atoms with Gasteiger partial charge in [0.05, 0.1) is 12.1 Å². The van der Waals surface area contributed by atoms with Gasteiger partial charge < -0.3 is 40.0 Å². The Kier molecular flexibility index (Phi) is 20.6. The molecule has 220 valence electrons. The summed E-state index contributed by atoms with van der Waals surface area (Å²) in [6.07, 6.45) is -4.18. The normalized spacial score (nSPS) is 23.5. The number of hydrogen-bond donors (Lipinski definition) is 7. The SMILES string of the molecule is CCC(=N)C(=O)O.CCCC(=O)[C@H](CC)NC(=O)CC[C@H](N)OC=O.C[C@@H]1OC(OC=O)[C@@H](O)[C@H](O)C1O. The van der Waals surface area contributed by atoms with Gasteiger partial charge in [0.1, 0.15) is 24.0 Å². The van der Waals surface area contributed by atoms with Crippen molar-refractivity contribution >= 4 is 36.3 Å². The molecule has 8 N–H and O–H groups in total. The van der Waals surface area contributed by atoms with E-state index in [0.29, 0.717) is 19.3 Å². The largest absolute Gasteiger partial charge is 0.477 e. The second kappa shape index (κ2) is 21.0. The minimum atomic E-state index is -1.42. The van der Waals surface area contributed by atoms with Crippen LogP contribution in [0.2, 0.25) is 0 Å². The summed E-state index contributed by atoms with van der Waals surface area (Å²) in [5, 5.41) is 44.9. The molecule has 0 aliphatic carbocycles. The molecule has 38 heavy (non-hydrogen) atoms. The molecular weight excluding hydrogens is 510 g/mol. The summed E-state index contributed by atoms with van der Waals surface area (Å²) in [7, 11) is 0. The molecule has 0 aromatic heterocycles. The Bertz CT molecular complexity index is 751. The van der Waals surface area contributed by atoms with Gasteiger partial charge in [0.25, 0.3) is 12.9 Å². The van der Waals surface area contributed by atoms with Gasteiger partial charge in [0.15, 0.2) is 12.0 Å². The van der Waals surface area contributed by atoms with E-state index in [1.165, 1.54) is 6.92 Å². The van der Waals surface area contributed by atoms with Crippen molar-refractivity contribution < 1.29 is 58.6 Å². The van der Waals surface area contributed by atoms with E-state index in [4.69, 9.17) is 21.0 Å². The van der Waals surface area contributed by atoms with E-state index >= 15 is 0 Å². The fourth-order valence-corrected chi connectivity index (χ4v) is 2.84. The number of carboxylic acid groups (broad SMARTS) is 1. The average molecular weight is 552 g/mol. The standard InChI is InChI=1S/C12H22N2O4.C7H12O6.C4H7NO2/c1-3-5-10(16)9(4-2)14-12(17)7-6-11(13)18-8-15;1-3-4(9)5(10)6(11)7(13-3)12-2-8;1-2-3(5)4(6)7/h8-9,11H,3-7,13H2,1-2H3,(H,14,17);2-7,9-11H,1H3;5H,2H2,1H3,(H,6,7)/t9-,11+;3-,4?,5+,6-,7?;/m00./s1. The van der Waals surface area contributed by atoms with E-state index in [1.807, 2.05) is 13.8 Å². The van der Waals surface area contributed by atoms with E-state index in [9.17, 15) is 39.3 Å². The van der Waals surface area contributed by atoms with Crippen LogP contribution in [0.4, 0.5) is 0 Å². The lowest BCUT2D eigenvalue weighted by Gasteiger charge is -2.37. The maximum atomic E-state index is 11.6. The highest BCUT2D eigenvalue weighted by atomic mass is 16.7. The van der Waals surface area contributed by atoms with Crippen LogP contribution < -0.4 is 11.1 Å². The van der Waals surface area contributed by atoms with E-state index < -0.39 is 48.9 Å². The molecule has 1 amide bonds. The Labute approximate surface area is 221 Å².